The maximum atomic E-state index is 13.3. The van der Waals surface area contributed by atoms with Gasteiger partial charge in [-0.25, -0.2) is 12.7 Å². The summed E-state index contributed by atoms with van der Waals surface area (Å²) in [5.41, 5.74) is 0.837. The number of benzene rings is 2. The Morgan fingerprint density at radius 3 is 2.54 bits per heavy atom. The summed E-state index contributed by atoms with van der Waals surface area (Å²) < 4.78 is 26.4. The molecule has 8 nitrogen and oxygen atoms in total. The van der Waals surface area contributed by atoms with E-state index < -0.39 is 27.9 Å². The van der Waals surface area contributed by atoms with Crippen molar-refractivity contribution < 1.29 is 22.8 Å². The van der Waals surface area contributed by atoms with Gasteiger partial charge < -0.3 is 10.2 Å². The topological polar surface area (TPSA) is 104 Å². The molecule has 2 aliphatic rings. The highest BCUT2D eigenvalue weighted by atomic mass is 35.5. The Balaban J connectivity index is 1.50. The minimum atomic E-state index is -4.02. The molecule has 1 saturated carbocycles. The van der Waals surface area contributed by atoms with Crippen molar-refractivity contribution in [3.63, 3.8) is 0 Å². The minimum Gasteiger partial charge on any atom is -0.352 e. The van der Waals surface area contributed by atoms with Crippen LogP contribution >= 0.6 is 11.6 Å². The number of amides is 3. The summed E-state index contributed by atoms with van der Waals surface area (Å²) in [5.74, 6) is -1.34. The fourth-order valence-electron chi connectivity index (χ4n) is 4.60. The van der Waals surface area contributed by atoms with Crippen LogP contribution in [-0.2, 0) is 26.2 Å². The average Bonchev–Trinajstić information content (AvgIpc) is 3.40. The molecule has 0 unspecified atom stereocenters. The SMILES string of the molecule is C[C@@H](C(=O)NC1CCCC1)N(Cc1cccc(Cl)c1)C(=O)CCN1C(=O)c2ccccc2S1(=O)=O. The number of halogens is 1. The van der Waals surface area contributed by atoms with Crippen LogP contribution in [0.25, 0.3) is 0 Å². The van der Waals surface area contributed by atoms with Gasteiger partial charge in [-0.05, 0) is 49.6 Å². The molecule has 1 fully saturated rings. The fraction of sp³-hybridized carbons (Fsp3) is 0.400. The molecule has 1 aliphatic carbocycles. The first-order chi connectivity index (χ1) is 16.7. The summed E-state index contributed by atoms with van der Waals surface area (Å²) in [4.78, 5) is 40.4. The van der Waals surface area contributed by atoms with Gasteiger partial charge >= 0.3 is 0 Å². The fourth-order valence-corrected chi connectivity index (χ4v) is 6.38. The van der Waals surface area contributed by atoms with E-state index >= 15 is 0 Å². The van der Waals surface area contributed by atoms with Crippen molar-refractivity contribution in [3.8, 4) is 0 Å². The van der Waals surface area contributed by atoms with Crippen molar-refractivity contribution in [1.82, 2.24) is 14.5 Å². The summed E-state index contributed by atoms with van der Waals surface area (Å²) in [6, 6.07) is 12.3. The van der Waals surface area contributed by atoms with Crippen molar-refractivity contribution in [2.24, 2.45) is 0 Å². The molecule has 1 heterocycles. The third-order valence-corrected chi connectivity index (χ3v) is 8.63. The lowest BCUT2D eigenvalue weighted by molar-refractivity contribution is -0.140. The average molecular weight is 518 g/mol. The lowest BCUT2D eigenvalue weighted by atomic mass is 10.1. The number of hydrogen-bond donors (Lipinski definition) is 1. The quantitative estimate of drug-likeness (QED) is 0.578. The number of fused-ring (bicyclic) bond motifs is 1. The van der Waals surface area contributed by atoms with Gasteiger partial charge in [0.15, 0.2) is 0 Å². The van der Waals surface area contributed by atoms with Gasteiger partial charge in [-0.15, -0.1) is 0 Å². The van der Waals surface area contributed by atoms with Gasteiger partial charge in [0.1, 0.15) is 10.9 Å². The van der Waals surface area contributed by atoms with Gasteiger partial charge in [0, 0.05) is 30.6 Å². The highest BCUT2D eigenvalue weighted by Crippen LogP contribution is 2.30. The molecule has 0 spiro atoms. The van der Waals surface area contributed by atoms with Gasteiger partial charge in [0.25, 0.3) is 15.9 Å². The predicted molar refractivity (Wildman–Crippen MR) is 131 cm³/mol. The second-order valence-electron chi connectivity index (χ2n) is 8.95. The molecule has 2 aromatic carbocycles. The van der Waals surface area contributed by atoms with Crippen molar-refractivity contribution in [2.45, 2.75) is 62.6 Å². The van der Waals surface area contributed by atoms with Crippen LogP contribution in [0.4, 0.5) is 0 Å². The molecule has 0 saturated heterocycles. The third kappa shape index (κ3) is 5.36. The van der Waals surface area contributed by atoms with Gasteiger partial charge in [-0.2, -0.15) is 0 Å². The molecule has 186 valence electrons. The molecule has 10 heteroatoms. The van der Waals surface area contributed by atoms with E-state index in [1.165, 1.54) is 17.0 Å². The predicted octanol–water partition coefficient (Wildman–Crippen LogP) is 3.35. The van der Waals surface area contributed by atoms with E-state index in [-0.39, 0.29) is 41.9 Å². The summed E-state index contributed by atoms with van der Waals surface area (Å²) >= 11 is 6.11. The van der Waals surface area contributed by atoms with Crippen LogP contribution in [0.5, 0.6) is 0 Å². The van der Waals surface area contributed by atoms with E-state index in [0.29, 0.717) is 5.02 Å². The van der Waals surface area contributed by atoms with Crippen LogP contribution < -0.4 is 5.32 Å². The molecule has 0 radical (unpaired) electrons. The van der Waals surface area contributed by atoms with Crippen LogP contribution in [0.3, 0.4) is 0 Å². The molecule has 0 aromatic heterocycles. The van der Waals surface area contributed by atoms with E-state index in [1.54, 1.807) is 43.3 Å². The molecule has 1 N–H and O–H groups in total. The van der Waals surface area contributed by atoms with Crippen LogP contribution in [0, 0.1) is 0 Å². The lowest BCUT2D eigenvalue weighted by Crippen LogP contribution is -2.50. The number of nitrogens with one attached hydrogen (secondary N) is 1. The second-order valence-corrected chi connectivity index (χ2v) is 11.2. The Labute approximate surface area is 210 Å². The van der Waals surface area contributed by atoms with Gasteiger partial charge in [0.05, 0.1) is 5.56 Å². The van der Waals surface area contributed by atoms with Gasteiger partial charge in [-0.1, -0.05) is 48.7 Å². The number of hydrogen-bond acceptors (Lipinski definition) is 5. The number of carbonyl (C=O) groups is 3. The molecular weight excluding hydrogens is 490 g/mol. The van der Waals surface area contributed by atoms with Crippen molar-refractivity contribution >= 4 is 39.3 Å². The number of nitrogens with zero attached hydrogens (tertiary/aromatic N) is 2. The van der Waals surface area contributed by atoms with Gasteiger partial charge in [-0.3, -0.25) is 14.4 Å². The maximum absolute atomic E-state index is 13.3. The molecule has 3 amide bonds. The van der Waals surface area contributed by atoms with Crippen LogP contribution in [0.15, 0.2) is 53.4 Å². The lowest BCUT2D eigenvalue weighted by Gasteiger charge is -2.30. The Hall–Kier alpha value is -2.91. The molecule has 1 aliphatic heterocycles. The first kappa shape index (κ1) is 25.2. The number of carbonyl (C=O) groups excluding carboxylic acids is 3. The highest BCUT2D eigenvalue weighted by molar-refractivity contribution is 7.90. The van der Waals surface area contributed by atoms with Crippen molar-refractivity contribution in [1.29, 1.82) is 0 Å². The summed E-state index contributed by atoms with van der Waals surface area (Å²) in [6.45, 7) is 1.47. The zero-order chi connectivity index (χ0) is 25.2. The zero-order valence-electron chi connectivity index (χ0n) is 19.4. The van der Waals surface area contributed by atoms with Crippen LogP contribution in [-0.4, -0.2) is 54.0 Å². The molecule has 4 rings (SSSR count). The van der Waals surface area contributed by atoms with Crippen LogP contribution in [0.2, 0.25) is 5.02 Å². The monoisotopic (exact) mass is 517 g/mol. The Kier molecular flexibility index (Phi) is 7.47. The van der Waals surface area contributed by atoms with Crippen molar-refractivity contribution in [3.05, 3.63) is 64.7 Å². The largest absolute Gasteiger partial charge is 0.352 e. The van der Waals surface area contributed by atoms with E-state index in [0.717, 1.165) is 35.6 Å². The van der Waals surface area contributed by atoms with E-state index in [1.807, 2.05) is 0 Å². The first-order valence-electron chi connectivity index (χ1n) is 11.7. The second kappa shape index (κ2) is 10.4. The minimum absolute atomic E-state index is 0.0578. The molecule has 1 atom stereocenters. The highest BCUT2D eigenvalue weighted by Gasteiger charge is 2.41. The maximum Gasteiger partial charge on any atom is 0.269 e. The first-order valence-corrected chi connectivity index (χ1v) is 13.5. The third-order valence-electron chi connectivity index (χ3n) is 6.55. The Bertz CT molecular complexity index is 1240. The molecular formula is C25H28ClN3O5S. The number of sulfonamides is 1. The molecule has 0 bridgehead atoms. The smallest absolute Gasteiger partial charge is 0.269 e. The summed E-state index contributed by atoms with van der Waals surface area (Å²) in [5, 5.41) is 3.53. The number of rotatable bonds is 8. The normalized spacial score (nSPS) is 17.8. The Morgan fingerprint density at radius 2 is 1.86 bits per heavy atom. The zero-order valence-corrected chi connectivity index (χ0v) is 21.0. The Morgan fingerprint density at radius 1 is 1.14 bits per heavy atom. The van der Waals surface area contributed by atoms with Gasteiger partial charge in [0.2, 0.25) is 11.8 Å². The van der Waals surface area contributed by atoms with E-state index in [2.05, 4.69) is 5.32 Å². The van der Waals surface area contributed by atoms with E-state index in [9.17, 15) is 22.8 Å². The van der Waals surface area contributed by atoms with Crippen molar-refractivity contribution in [2.75, 3.05) is 6.54 Å². The van der Waals surface area contributed by atoms with Crippen LogP contribution in [0.1, 0.15) is 54.9 Å². The molecule has 2 aromatic rings. The summed E-state index contributed by atoms with van der Waals surface area (Å²) in [7, 11) is -4.02. The summed E-state index contributed by atoms with van der Waals surface area (Å²) in [6.07, 6.45) is 3.70. The molecule has 35 heavy (non-hydrogen) atoms. The van der Waals surface area contributed by atoms with E-state index in [4.69, 9.17) is 11.6 Å². The standard InChI is InChI=1S/C25H28ClN3O5S/c1-17(24(31)27-20-9-2-3-10-20)28(16-18-7-6-8-19(26)15-18)23(30)13-14-29-25(32)21-11-4-5-12-22(21)35(29,33)34/h4-8,11-12,15,17,20H,2-3,9-10,13-14,16H2,1H3,(H,27,31)/t17-/m0/s1.